The van der Waals surface area contributed by atoms with E-state index < -0.39 is 23.1 Å². The van der Waals surface area contributed by atoms with E-state index >= 15 is 0 Å². The number of anilines is 1. The van der Waals surface area contributed by atoms with Gasteiger partial charge in [-0.2, -0.15) is 4.98 Å². The second-order valence-electron chi connectivity index (χ2n) is 7.43. The second-order valence-corrected chi connectivity index (χ2v) is 7.84. The number of ketones is 1. The van der Waals surface area contributed by atoms with Crippen LogP contribution in [0.4, 0.5) is 14.7 Å². The summed E-state index contributed by atoms with van der Waals surface area (Å²) in [7, 11) is 0. The number of carbonyl (C=O) groups excluding carboxylic acids is 1. The molecular weight excluding hydrogens is 452 g/mol. The van der Waals surface area contributed by atoms with Crippen LogP contribution < -0.4 is 5.43 Å². The molecule has 0 saturated carbocycles. The summed E-state index contributed by atoms with van der Waals surface area (Å²) in [6.45, 7) is 2.37. The number of halogens is 3. The monoisotopic (exact) mass is 469 g/mol. The fourth-order valence-electron chi connectivity index (χ4n) is 3.74. The summed E-state index contributed by atoms with van der Waals surface area (Å²) in [5, 5.41) is 2.56. The zero-order valence-electron chi connectivity index (χ0n) is 17.3. The molecule has 1 aliphatic heterocycles. The van der Waals surface area contributed by atoms with Crippen molar-refractivity contribution < 1.29 is 18.3 Å². The largest absolute Gasteiger partial charge is 0.379 e. The van der Waals surface area contributed by atoms with E-state index in [1.165, 1.54) is 22.9 Å². The van der Waals surface area contributed by atoms with Gasteiger partial charge in [0.2, 0.25) is 11.7 Å². The zero-order chi connectivity index (χ0) is 22.9. The first-order chi connectivity index (χ1) is 16.0. The number of para-hydroxylation sites is 1. The third-order valence-corrected chi connectivity index (χ3v) is 5.65. The zero-order valence-corrected chi connectivity index (χ0v) is 18.0. The van der Waals surface area contributed by atoms with Gasteiger partial charge in [-0.25, -0.2) is 18.8 Å². The lowest BCUT2D eigenvalue weighted by Crippen LogP contribution is -2.40. The Kier molecular flexibility index (Phi) is 5.76. The SMILES string of the molecule is O=C(c1ccccc1Cl)c1cc2cnc(NN3CCOCC3)nc2n1-c1c(F)cccc1F. The standard InChI is InChI=1S/C23H18ClF2N5O2/c24-16-5-2-1-4-15(16)21(32)19-12-14-13-27-23(29-30-8-10-33-11-9-30)28-22(14)31(19)20-17(25)6-3-7-18(20)26/h1-7,12-13H,8-11H2,(H,27,28,29). The fraction of sp³-hybridized carbons (Fsp3) is 0.174. The van der Waals surface area contributed by atoms with Gasteiger partial charge in [-0.05, 0) is 30.3 Å². The highest BCUT2D eigenvalue weighted by molar-refractivity contribution is 6.35. The molecule has 0 atom stereocenters. The molecule has 168 valence electrons. The quantitative estimate of drug-likeness (QED) is 0.441. The third-order valence-electron chi connectivity index (χ3n) is 5.32. The molecule has 10 heteroatoms. The highest BCUT2D eigenvalue weighted by atomic mass is 35.5. The lowest BCUT2D eigenvalue weighted by Gasteiger charge is -2.26. The van der Waals surface area contributed by atoms with Crippen LogP contribution in [0.5, 0.6) is 0 Å². The summed E-state index contributed by atoms with van der Waals surface area (Å²) < 4.78 is 36.2. The Hall–Kier alpha value is -3.40. The minimum absolute atomic E-state index is 0.0138. The maximum Gasteiger partial charge on any atom is 0.239 e. The van der Waals surface area contributed by atoms with Gasteiger partial charge in [-0.1, -0.05) is 29.8 Å². The van der Waals surface area contributed by atoms with Gasteiger partial charge in [0.05, 0.1) is 23.9 Å². The van der Waals surface area contributed by atoms with Crippen LogP contribution in [0.15, 0.2) is 54.7 Å². The summed E-state index contributed by atoms with van der Waals surface area (Å²) in [5.74, 6) is -1.93. The van der Waals surface area contributed by atoms with E-state index in [0.717, 1.165) is 12.1 Å². The summed E-state index contributed by atoms with van der Waals surface area (Å²) in [4.78, 5) is 22.2. The number of morpholine rings is 1. The van der Waals surface area contributed by atoms with Crippen LogP contribution in [-0.4, -0.2) is 51.6 Å². The highest BCUT2D eigenvalue weighted by Crippen LogP contribution is 2.30. The second kappa shape index (κ2) is 8.86. The first-order valence-corrected chi connectivity index (χ1v) is 10.6. The Morgan fingerprint density at radius 1 is 1.06 bits per heavy atom. The van der Waals surface area contributed by atoms with Gasteiger partial charge in [-0.3, -0.25) is 14.8 Å². The van der Waals surface area contributed by atoms with Crippen LogP contribution in [0.2, 0.25) is 5.02 Å². The number of hydrogen-bond acceptors (Lipinski definition) is 6. The minimum Gasteiger partial charge on any atom is -0.379 e. The van der Waals surface area contributed by atoms with E-state index in [9.17, 15) is 13.6 Å². The molecule has 33 heavy (non-hydrogen) atoms. The van der Waals surface area contributed by atoms with Crippen LogP contribution in [0.25, 0.3) is 16.7 Å². The number of ether oxygens (including phenoxy) is 1. The molecule has 0 bridgehead atoms. The Morgan fingerprint density at radius 3 is 2.52 bits per heavy atom. The number of hydrogen-bond donors (Lipinski definition) is 1. The van der Waals surface area contributed by atoms with Gasteiger partial charge in [0.1, 0.15) is 17.3 Å². The first-order valence-electron chi connectivity index (χ1n) is 10.2. The topological polar surface area (TPSA) is 72.3 Å². The van der Waals surface area contributed by atoms with Crippen molar-refractivity contribution in [2.45, 2.75) is 0 Å². The molecular formula is C23H18ClF2N5O2. The summed E-state index contributed by atoms with van der Waals surface area (Å²) >= 11 is 6.23. The molecule has 5 rings (SSSR count). The van der Waals surface area contributed by atoms with Crippen molar-refractivity contribution >= 4 is 34.4 Å². The van der Waals surface area contributed by atoms with E-state index in [4.69, 9.17) is 16.3 Å². The molecule has 1 fully saturated rings. The molecule has 1 saturated heterocycles. The molecule has 3 heterocycles. The summed E-state index contributed by atoms with van der Waals surface area (Å²) in [6.07, 6.45) is 1.50. The van der Waals surface area contributed by atoms with Crippen LogP contribution in [0.1, 0.15) is 16.1 Å². The van der Waals surface area contributed by atoms with Gasteiger partial charge >= 0.3 is 0 Å². The Morgan fingerprint density at radius 2 is 1.79 bits per heavy atom. The molecule has 4 aromatic rings. The molecule has 2 aromatic carbocycles. The molecule has 0 radical (unpaired) electrons. The molecule has 0 unspecified atom stereocenters. The summed E-state index contributed by atoms with van der Waals surface area (Å²) in [6, 6.07) is 11.5. The van der Waals surface area contributed by atoms with Gasteiger partial charge < -0.3 is 4.74 Å². The van der Waals surface area contributed by atoms with Crippen LogP contribution in [-0.2, 0) is 4.74 Å². The maximum atomic E-state index is 14.9. The third kappa shape index (κ3) is 4.06. The molecule has 0 aliphatic carbocycles. The van der Waals surface area contributed by atoms with Crippen molar-refractivity contribution in [1.82, 2.24) is 19.5 Å². The van der Waals surface area contributed by atoms with Crippen molar-refractivity contribution in [3.63, 3.8) is 0 Å². The van der Waals surface area contributed by atoms with Gasteiger partial charge in [0, 0.05) is 30.2 Å². The van der Waals surface area contributed by atoms with Crippen LogP contribution in [0.3, 0.4) is 0 Å². The lowest BCUT2D eigenvalue weighted by atomic mass is 10.1. The smallest absolute Gasteiger partial charge is 0.239 e. The number of rotatable bonds is 5. The fourth-order valence-corrected chi connectivity index (χ4v) is 3.96. The van der Waals surface area contributed by atoms with Crippen molar-refractivity contribution in [1.29, 1.82) is 0 Å². The maximum absolute atomic E-state index is 14.9. The molecule has 1 N–H and O–H groups in total. The number of nitrogens with zero attached hydrogens (tertiary/aromatic N) is 4. The lowest BCUT2D eigenvalue weighted by molar-refractivity contribution is 0.0493. The number of fused-ring (bicyclic) bond motifs is 1. The average molecular weight is 470 g/mol. The van der Waals surface area contributed by atoms with Gasteiger partial charge in [0.25, 0.3) is 0 Å². The van der Waals surface area contributed by atoms with E-state index in [2.05, 4.69) is 15.4 Å². The van der Waals surface area contributed by atoms with E-state index in [0.29, 0.717) is 31.7 Å². The average Bonchev–Trinajstić information content (AvgIpc) is 3.18. The van der Waals surface area contributed by atoms with Gasteiger partial charge in [0.15, 0.2) is 5.65 Å². The highest BCUT2D eigenvalue weighted by Gasteiger charge is 2.25. The van der Waals surface area contributed by atoms with E-state index in [-0.39, 0.29) is 27.9 Å². The van der Waals surface area contributed by atoms with Crippen LogP contribution >= 0.6 is 11.6 Å². The Balaban J connectivity index is 1.69. The number of nitrogens with one attached hydrogen (secondary N) is 1. The molecule has 0 amide bonds. The predicted molar refractivity (Wildman–Crippen MR) is 120 cm³/mol. The molecule has 2 aromatic heterocycles. The predicted octanol–water partition coefficient (Wildman–Crippen LogP) is 4.24. The van der Waals surface area contributed by atoms with Crippen molar-refractivity contribution in [3.8, 4) is 5.69 Å². The Labute approximate surface area is 192 Å². The number of carbonyl (C=O) groups is 1. The van der Waals surface area contributed by atoms with Gasteiger partial charge in [-0.15, -0.1) is 0 Å². The molecule has 0 spiro atoms. The Bertz CT molecular complexity index is 1330. The van der Waals surface area contributed by atoms with E-state index in [1.807, 2.05) is 5.01 Å². The van der Waals surface area contributed by atoms with Crippen molar-refractivity contribution in [2.24, 2.45) is 0 Å². The summed E-state index contributed by atoms with van der Waals surface area (Å²) in [5.41, 5.74) is 3.08. The molecule has 7 nitrogen and oxygen atoms in total. The van der Waals surface area contributed by atoms with Crippen molar-refractivity contribution in [2.75, 3.05) is 31.7 Å². The number of aromatic nitrogens is 3. The number of hydrazine groups is 1. The van der Waals surface area contributed by atoms with Crippen molar-refractivity contribution in [3.05, 3.63) is 82.6 Å². The first kappa shape index (κ1) is 21.4. The number of benzene rings is 2. The van der Waals surface area contributed by atoms with Crippen LogP contribution in [0, 0.1) is 11.6 Å². The minimum atomic E-state index is -0.831. The van der Waals surface area contributed by atoms with E-state index in [1.54, 1.807) is 24.3 Å². The molecule has 1 aliphatic rings. The normalized spacial score (nSPS) is 14.5.